The Morgan fingerprint density at radius 3 is 2.68 bits per heavy atom. The van der Waals surface area contributed by atoms with Crippen molar-refractivity contribution in [1.29, 1.82) is 0 Å². The number of benzene rings is 2. The summed E-state index contributed by atoms with van der Waals surface area (Å²) in [5, 5.41) is 13.4. The highest BCUT2D eigenvalue weighted by atomic mass is 127. The fourth-order valence-corrected chi connectivity index (χ4v) is 3.56. The number of phenolic OH excluding ortho intramolecular Hbond substituents is 1. The number of phenols is 1. The van der Waals surface area contributed by atoms with Crippen LogP contribution in [0.1, 0.15) is 24.5 Å². The Morgan fingerprint density at radius 2 is 2.00 bits per heavy atom. The van der Waals surface area contributed by atoms with Crippen LogP contribution in [0.15, 0.2) is 53.5 Å². The Balaban J connectivity index is 0.00000280. The summed E-state index contributed by atoms with van der Waals surface area (Å²) in [6.45, 7) is 5.50. The molecule has 3 rings (SSSR count). The second kappa shape index (κ2) is 11.1. The number of aromatic hydroxyl groups is 1. The second-order valence-electron chi connectivity index (χ2n) is 6.97. The van der Waals surface area contributed by atoms with Crippen molar-refractivity contribution in [1.82, 2.24) is 10.2 Å². The second-order valence-corrected chi connectivity index (χ2v) is 6.97. The maximum Gasteiger partial charge on any atom is 0.194 e. The molecule has 0 spiro atoms. The van der Waals surface area contributed by atoms with Gasteiger partial charge in [0.05, 0.1) is 13.7 Å². The summed E-state index contributed by atoms with van der Waals surface area (Å²) < 4.78 is 5.10. The fraction of sp³-hybridized carbons (Fsp3) is 0.409. The molecule has 1 fully saturated rings. The fourth-order valence-electron chi connectivity index (χ4n) is 3.56. The Kier molecular flexibility index (Phi) is 8.89. The number of aliphatic imine (C=N–C) groups is 1. The highest BCUT2D eigenvalue weighted by Gasteiger charge is 2.24. The van der Waals surface area contributed by atoms with Crippen molar-refractivity contribution < 1.29 is 9.84 Å². The molecule has 28 heavy (non-hydrogen) atoms. The molecule has 6 heteroatoms. The van der Waals surface area contributed by atoms with Crippen molar-refractivity contribution in [2.45, 2.75) is 26.3 Å². The summed E-state index contributed by atoms with van der Waals surface area (Å²) in [5.74, 6) is 2.24. The topological polar surface area (TPSA) is 57.1 Å². The number of ether oxygens (including phenoxy) is 1. The van der Waals surface area contributed by atoms with Gasteiger partial charge in [-0.2, -0.15) is 0 Å². The number of guanidine groups is 1. The third-order valence-corrected chi connectivity index (χ3v) is 4.94. The van der Waals surface area contributed by atoms with Gasteiger partial charge in [-0.3, -0.25) is 0 Å². The highest BCUT2D eigenvalue weighted by molar-refractivity contribution is 14.0. The predicted octanol–water partition coefficient (Wildman–Crippen LogP) is 4.05. The van der Waals surface area contributed by atoms with Gasteiger partial charge in [-0.05, 0) is 48.9 Å². The van der Waals surface area contributed by atoms with Gasteiger partial charge in [-0.25, -0.2) is 4.99 Å². The molecule has 0 bridgehead atoms. The minimum absolute atomic E-state index is 0. The number of hydrogen-bond acceptors (Lipinski definition) is 3. The summed E-state index contributed by atoms with van der Waals surface area (Å²) in [4.78, 5) is 7.13. The smallest absolute Gasteiger partial charge is 0.194 e. The van der Waals surface area contributed by atoms with E-state index in [1.165, 1.54) is 12.0 Å². The normalized spacial score (nSPS) is 16.6. The van der Waals surface area contributed by atoms with Crippen LogP contribution in [0.5, 0.6) is 11.5 Å². The van der Waals surface area contributed by atoms with Crippen molar-refractivity contribution in [2.24, 2.45) is 10.9 Å². The van der Waals surface area contributed by atoms with Crippen LogP contribution in [0.2, 0.25) is 0 Å². The standard InChI is InChI=1S/C22H29N3O2.HI/c1-3-23-22(24-15-18-9-10-21(27-2)20(26)14-18)25-12-11-19(16-25)13-17-7-5-4-6-8-17;/h4-10,14,19,26H,3,11-13,15-16H2,1-2H3,(H,23,24);1H. The molecule has 1 saturated heterocycles. The number of rotatable bonds is 6. The first-order chi connectivity index (χ1) is 13.2. The number of halogens is 1. The number of likely N-dealkylation sites (tertiary alicyclic amines) is 1. The van der Waals surface area contributed by atoms with Gasteiger partial charge in [0.1, 0.15) is 0 Å². The molecule has 0 radical (unpaired) electrons. The summed E-state index contributed by atoms with van der Waals surface area (Å²) in [6.07, 6.45) is 2.30. The predicted molar refractivity (Wildman–Crippen MR) is 125 cm³/mol. The lowest BCUT2D eigenvalue weighted by Crippen LogP contribution is -2.40. The quantitative estimate of drug-likeness (QED) is 0.361. The van der Waals surface area contributed by atoms with E-state index in [-0.39, 0.29) is 29.7 Å². The molecule has 2 aromatic rings. The number of nitrogens with one attached hydrogen (secondary N) is 1. The Hall–Kier alpha value is -1.96. The zero-order chi connectivity index (χ0) is 19.1. The van der Waals surface area contributed by atoms with Crippen LogP contribution in [0.3, 0.4) is 0 Å². The van der Waals surface area contributed by atoms with Crippen LogP contribution >= 0.6 is 24.0 Å². The van der Waals surface area contributed by atoms with Crippen molar-refractivity contribution in [3.05, 3.63) is 59.7 Å². The number of nitrogens with zero attached hydrogens (tertiary/aromatic N) is 2. The van der Waals surface area contributed by atoms with E-state index >= 15 is 0 Å². The molecular weight excluding hydrogens is 465 g/mol. The SMILES string of the molecule is CCNC(=NCc1ccc(OC)c(O)c1)N1CCC(Cc2ccccc2)C1.I. The third kappa shape index (κ3) is 6.02. The van der Waals surface area contributed by atoms with Crippen LogP contribution in [0.4, 0.5) is 0 Å². The minimum atomic E-state index is 0. The van der Waals surface area contributed by atoms with E-state index in [9.17, 15) is 5.11 Å². The Labute approximate surface area is 184 Å². The van der Waals surface area contributed by atoms with Crippen molar-refractivity contribution in [2.75, 3.05) is 26.7 Å². The molecule has 0 aromatic heterocycles. The summed E-state index contributed by atoms with van der Waals surface area (Å²) >= 11 is 0. The summed E-state index contributed by atoms with van der Waals surface area (Å²) in [7, 11) is 1.55. The summed E-state index contributed by atoms with van der Waals surface area (Å²) in [5.41, 5.74) is 2.36. The maximum atomic E-state index is 9.95. The van der Waals surface area contributed by atoms with Crippen LogP contribution in [-0.2, 0) is 13.0 Å². The van der Waals surface area contributed by atoms with E-state index in [0.717, 1.165) is 37.6 Å². The van der Waals surface area contributed by atoms with Gasteiger partial charge >= 0.3 is 0 Å². The van der Waals surface area contributed by atoms with E-state index in [0.29, 0.717) is 18.2 Å². The molecule has 1 aliphatic heterocycles. The van der Waals surface area contributed by atoms with Crippen LogP contribution in [-0.4, -0.2) is 42.7 Å². The van der Waals surface area contributed by atoms with Crippen molar-refractivity contribution in [3.8, 4) is 11.5 Å². The van der Waals surface area contributed by atoms with E-state index in [1.807, 2.05) is 6.07 Å². The molecule has 2 N–H and O–H groups in total. The van der Waals surface area contributed by atoms with Crippen molar-refractivity contribution in [3.63, 3.8) is 0 Å². The first kappa shape index (κ1) is 22.3. The number of methoxy groups -OCH3 is 1. The highest BCUT2D eigenvalue weighted by Crippen LogP contribution is 2.26. The molecule has 1 aliphatic rings. The molecule has 152 valence electrons. The molecule has 0 aliphatic carbocycles. The van der Waals surface area contributed by atoms with E-state index < -0.39 is 0 Å². The van der Waals surface area contributed by atoms with Crippen LogP contribution in [0.25, 0.3) is 0 Å². The average molecular weight is 495 g/mol. The molecule has 0 saturated carbocycles. The van der Waals surface area contributed by atoms with Crippen LogP contribution < -0.4 is 10.1 Å². The molecule has 2 aromatic carbocycles. The molecule has 1 unspecified atom stereocenters. The lowest BCUT2D eigenvalue weighted by atomic mass is 9.99. The molecule has 1 heterocycles. The average Bonchev–Trinajstić information content (AvgIpc) is 3.14. The Bertz CT molecular complexity index is 768. The first-order valence-corrected chi connectivity index (χ1v) is 9.62. The summed E-state index contributed by atoms with van der Waals surface area (Å²) in [6, 6.07) is 16.1. The number of hydrogen-bond donors (Lipinski definition) is 2. The maximum absolute atomic E-state index is 9.95. The zero-order valence-electron chi connectivity index (χ0n) is 16.6. The molecule has 5 nitrogen and oxygen atoms in total. The lowest BCUT2D eigenvalue weighted by Gasteiger charge is -2.22. The monoisotopic (exact) mass is 495 g/mol. The lowest BCUT2D eigenvalue weighted by molar-refractivity contribution is 0.373. The van der Waals surface area contributed by atoms with Gasteiger partial charge in [-0.1, -0.05) is 36.4 Å². The zero-order valence-corrected chi connectivity index (χ0v) is 18.9. The molecule has 1 atom stereocenters. The molecular formula is C22H30IN3O2. The van der Waals surface area contributed by atoms with Gasteiger partial charge in [0, 0.05) is 19.6 Å². The molecule has 0 amide bonds. The minimum Gasteiger partial charge on any atom is -0.504 e. The van der Waals surface area contributed by atoms with Crippen LogP contribution in [0, 0.1) is 5.92 Å². The van der Waals surface area contributed by atoms with E-state index in [4.69, 9.17) is 9.73 Å². The van der Waals surface area contributed by atoms with Gasteiger partial charge in [-0.15, -0.1) is 24.0 Å². The van der Waals surface area contributed by atoms with E-state index in [1.54, 1.807) is 19.2 Å². The van der Waals surface area contributed by atoms with Gasteiger partial charge < -0.3 is 20.1 Å². The van der Waals surface area contributed by atoms with Gasteiger partial charge in [0.2, 0.25) is 0 Å². The first-order valence-electron chi connectivity index (χ1n) is 9.62. The third-order valence-electron chi connectivity index (χ3n) is 4.94. The van der Waals surface area contributed by atoms with Crippen molar-refractivity contribution >= 4 is 29.9 Å². The van der Waals surface area contributed by atoms with Gasteiger partial charge in [0.15, 0.2) is 17.5 Å². The van der Waals surface area contributed by atoms with Gasteiger partial charge in [0.25, 0.3) is 0 Å². The largest absolute Gasteiger partial charge is 0.504 e. The Morgan fingerprint density at radius 1 is 1.21 bits per heavy atom. The van der Waals surface area contributed by atoms with E-state index in [2.05, 4.69) is 47.5 Å².